The summed E-state index contributed by atoms with van der Waals surface area (Å²) in [5.74, 6) is -12.0. The largest absolute Gasteiger partial charge is 0.481 e. The third-order valence-corrected chi connectivity index (χ3v) is 6.47. The number of halogens is 5. The molecular weight excluding hydrogens is 624 g/mol. The topological polar surface area (TPSA) is 142 Å². The van der Waals surface area contributed by atoms with Gasteiger partial charge in [0, 0.05) is 35.9 Å². The van der Waals surface area contributed by atoms with Crippen LogP contribution in [0.25, 0.3) is 11.1 Å². The normalized spacial score (nSPS) is 14.8. The lowest BCUT2D eigenvalue weighted by Crippen LogP contribution is -2.54. The summed E-state index contributed by atoms with van der Waals surface area (Å²) in [6.07, 6.45) is 0.704. The highest BCUT2D eigenvalue weighted by Gasteiger charge is 2.30. The second-order valence-electron chi connectivity index (χ2n) is 9.05. The Bertz CT molecular complexity index is 1490. The molecule has 0 saturated carbocycles. The second kappa shape index (κ2) is 12.6. The lowest BCUT2D eigenvalue weighted by atomic mass is 10.1. The predicted octanol–water partition coefficient (Wildman–Crippen LogP) is 2.40. The van der Waals surface area contributed by atoms with E-state index in [9.17, 15) is 36.7 Å². The first kappa shape index (κ1) is 29.9. The zero-order valence-corrected chi connectivity index (χ0v) is 22.6. The smallest absolute Gasteiger partial charge is 0.305 e. The number of nitrogens with one attached hydrogen (secondary N) is 1. The van der Waals surface area contributed by atoms with Gasteiger partial charge in [0.15, 0.2) is 28.8 Å². The van der Waals surface area contributed by atoms with Crippen molar-refractivity contribution < 1.29 is 51.0 Å². The van der Waals surface area contributed by atoms with Crippen LogP contribution in [0.15, 0.2) is 33.3 Å². The van der Waals surface area contributed by atoms with Crippen molar-refractivity contribution in [2.45, 2.75) is 19.0 Å². The molecule has 3 heterocycles. The van der Waals surface area contributed by atoms with Crippen LogP contribution in [-0.2, 0) is 25.7 Å². The second-order valence-corrected chi connectivity index (χ2v) is 9.96. The molecule has 1 aliphatic heterocycles. The van der Waals surface area contributed by atoms with Crippen LogP contribution < -0.4 is 10.1 Å². The van der Waals surface area contributed by atoms with E-state index in [4.69, 9.17) is 9.52 Å². The van der Waals surface area contributed by atoms with E-state index < -0.39 is 65.7 Å². The molecule has 2 amide bonds. The molecule has 0 spiro atoms. The first-order valence-electron chi connectivity index (χ1n) is 11.9. The highest BCUT2D eigenvalue weighted by molar-refractivity contribution is 9.10. The van der Waals surface area contributed by atoms with Crippen molar-refractivity contribution in [3.8, 4) is 5.75 Å². The minimum Gasteiger partial charge on any atom is -0.481 e. The Kier molecular flexibility index (Phi) is 9.22. The Morgan fingerprint density at radius 1 is 1.12 bits per heavy atom. The van der Waals surface area contributed by atoms with Gasteiger partial charge in [0.1, 0.15) is 23.9 Å². The van der Waals surface area contributed by atoms with E-state index in [2.05, 4.69) is 31.0 Å². The summed E-state index contributed by atoms with van der Waals surface area (Å²) in [7, 11) is 0. The molecule has 1 saturated heterocycles. The van der Waals surface area contributed by atoms with Crippen LogP contribution in [0.1, 0.15) is 12.2 Å². The van der Waals surface area contributed by atoms with Gasteiger partial charge in [0.25, 0.3) is 0 Å². The van der Waals surface area contributed by atoms with E-state index >= 15 is 0 Å². The predicted molar refractivity (Wildman–Crippen MR) is 135 cm³/mol. The Hall–Kier alpha value is -4.05. The van der Waals surface area contributed by atoms with Crippen LogP contribution in [0, 0.1) is 23.3 Å². The van der Waals surface area contributed by atoms with E-state index in [1.807, 2.05) is 0 Å². The number of rotatable bonds is 11. The minimum absolute atomic E-state index is 0.0487. The molecule has 2 aromatic heterocycles. The molecule has 16 heteroatoms. The van der Waals surface area contributed by atoms with Crippen molar-refractivity contribution >= 4 is 50.6 Å². The van der Waals surface area contributed by atoms with Gasteiger partial charge in [-0.1, -0.05) is 0 Å². The van der Waals surface area contributed by atoms with Gasteiger partial charge in [-0.3, -0.25) is 29.1 Å². The van der Waals surface area contributed by atoms with Crippen molar-refractivity contribution in [2.24, 2.45) is 0 Å². The number of ether oxygens (including phenoxy) is 1. The Labute approximate surface area is 237 Å². The summed E-state index contributed by atoms with van der Waals surface area (Å²) in [4.78, 5) is 56.2. The standard InChI is InChI=1S/C25H21BrF4N4O7/c26-12-3-19-17(31-7-12)4-13(41-19)8-34-2-1-33(10-21(34)37)9-20(36)32-16(6-22(38)39)18(35)11-40-25-23(29)14(27)5-15(28)24(25)30/h3-5,7,16H,1-2,6,8-11H2,(H,32,36)(H,38,39)/t16-/m0/s1. The van der Waals surface area contributed by atoms with Crippen LogP contribution >= 0.6 is 15.9 Å². The summed E-state index contributed by atoms with van der Waals surface area (Å²) >= 11 is 3.31. The summed E-state index contributed by atoms with van der Waals surface area (Å²) < 4.78 is 65.4. The van der Waals surface area contributed by atoms with Gasteiger partial charge < -0.3 is 24.5 Å². The van der Waals surface area contributed by atoms with E-state index in [1.165, 1.54) is 9.80 Å². The number of amides is 2. The molecule has 0 bridgehead atoms. The van der Waals surface area contributed by atoms with Crippen molar-refractivity contribution in [3.63, 3.8) is 0 Å². The molecule has 1 atom stereocenters. The number of carbonyl (C=O) groups excluding carboxylic acids is 3. The molecule has 0 aliphatic carbocycles. The molecule has 1 aliphatic rings. The zero-order chi connectivity index (χ0) is 29.8. The average molecular weight is 645 g/mol. The lowest BCUT2D eigenvalue weighted by Gasteiger charge is -2.33. The maximum Gasteiger partial charge on any atom is 0.305 e. The summed E-state index contributed by atoms with van der Waals surface area (Å²) in [5.41, 5.74) is 1.17. The van der Waals surface area contributed by atoms with E-state index in [-0.39, 0.29) is 44.7 Å². The SMILES string of the molecule is O=C(O)C[C@H](NC(=O)CN1CCN(Cc2cc3ncc(Br)cc3o2)C(=O)C1)C(=O)COc1c(F)c(F)cc(F)c1F. The number of aliphatic carboxylic acids is 1. The van der Waals surface area contributed by atoms with Gasteiger partial charge >= 0.3 is 5.97 Å². The van der Waals surface area contributed by atoms with E-state index in [0.717, 1.165) is 4.47 Å². The van der Waals surface area contributed by atoms with Gasteiger partial charge in [-0.25, -0.2) is 8.78 Å². The molecule has 0 radical (unpaired) electrons. The Morgan fingerprint density at radius 3 is 2.49 bits per heavy atom. The van der Waals surface area contributed by atoms with Crippen molar-refractivity contribution in [1.82, 2.24) is 20.1 Å². The Balaban J connectivity index is 1.31. The average Bonchev–Trinajstić information content (AvgIpc) is 3.29. The van der Waals surface area contributed by atoms with Gasteiger partial charge in [-0.05, 0) is 22.0 Å². The molecular formula is C25H21BrF4N4O7. The number of pyridine rings is 1. The monoisotopic (exact) mass is 644 g/mol. The molecule has 0 unspecified atom stereocenters. The zero-order valence-electron chi connectivity index (χ0n) is 21.0. The number of hydrogen-bond acceptors (Lipinski definition) is 8. The minimum atomic E-state index is -1.88. The van der Waals surface area contributed by atoms with Crippen molar-refractivity contribution in [2.75, 3.05) is 32.8 Å². The van der Waals surface area contributed by atoms with Gasteiger partial charge in [-0.2, -0.15) is 8.78 Å². The fourth-order valence-corrected chi connectivity index (χ4v) is 4.37. The van der Waals surface area contributed by atoms with Crippen molar-refractivity contribution in [1.29, 1.82) is 0 Å². The van der Waals surface area contributed by atoms with Crippen molar-refractivity contribution in [3.05, 3.63) is 57.9 Å². The lowest BCUT2D eigenvalue weighted by molar-refractivity contribution is -0.140. The first-order chi connectivity index (χ1) is 19.4. The number of aromatic nitrogens is 1. The van der Waals surface area contributed by atoms with E-state index in [0.29, 0.717) is 16.9 Å². The van der Waals surface area contributed by atoms with Crippen LogP contribution in [0.2, 0.25) is 0 Å². The molecule has 2 N–H and O–H groups in total. The number of piperazine rings is 1. The number of ketones is 1. The quantitative estimate of drug-likeness (QED) is 0.238. The summed E-state index contributed by atoms with van der Waals surface area (Å²) in [6.45, 7) is -1.02. The number of Topliss-reactive ketones (excluding diaryl/α,β-unsaturated/α-hetero) is 1. The molecule has 11 nitrogen and oxygen atoms in total. The number of nitrogens with zero attached hydrogens (tertiary/aromatic N) is 3. The third kappa shape index (κ3) is 7.38. The number of carbonyl (C=O) groups is 4. The van der Waals surface area contributed by atoms with Gasteiger partial charge in [0.05, 0.1) is 26.1 Å². The van der Waals surface area contributed by atoms with Gasteiger partial charge in [-0.15, -0.1) is 0 Å². The molecule has 218 valence electrons. The van der Waals surface area contributed by atoms with Crippen LogP contribution in [0.3, 0.4) is 0 Å². The molecule has 3 aromatic rings. The maximum absolute atomic E-state index is 13.8. The maximum atomic E-state index is 13.8. The van der Waals surface area contributed by atoms with E-state index in [1.54, 1.807) is 18.3 Å². The molecule has 1 aromatic carbocycles. The highest BCUT2D eigenvalue weighted by atomic mass is 79.9. The number of benzene rings is 1. The fraction of sp³-hybridized carbons (Fsp3) is 0.320. The van der Waals surface area contributed by atoms with Gasteiger partial charge in [0.2, 0.25) is 23.4 Å². The number of carboxylic acid groups (broad SMARTS) is 1. The third-order valence-electron chi connectivity index (χ3n) is 6.03. The number of furan rings is 1. The summed E-state index contributed by atoms with van der Waals surface area (Å²) in [5, 5.41) is 11.3. The number of hydrogen-bond donors (Lipinski definition) is 2. The Morgan fingerprint density at radius 2 is 1.83 bits per heavy atom. The van der Waals surface area contributed by atoms with Crippen LogP contribution in [0.4, 0.5) is 17.6 Å². The number of carboxylic acids is 1. The fourth-order valence-electron chi connectivity index (χ4n) is 4.05. The summed E-state index contributed by atoms with van der Waals surface area (Å²) in [6, 6.07) is 1.72. The highest BCUT2D eigenvalue weighted by Crippen LogP contribution is 2.26. The first-order valence-corrected chi connectivity index (χ1v) is 12.7. The van der Waals surface area contributed by atoms with Crippen LogP contribution in [0.5, 0.6) is 5.75 Å². The van der Waals surface area contributed by atoms with Crippen LogP contribution in [-0.4, -0.2) is 82.3 Å². The molecule has 1 fully saturated rings. The molecule has 41 heavy (non-hydrogen) atoms. The molecule has 4 rings (SSSR count). The number of fused-ring (bicyclic) bond motifs is 1.